The summed E-state index contributed by atoms with van der Waals surface area (Å²) in [6, 6.07) is 10.1. The highest BCUT2D eigenvalue weighted by molar-refractivity contribution is 5.81. The van der Waals surface area contributed by atoms with Crippen LogP contribution in [0.25, 0.3) is 11.3 Å². The predicted octanol–water partition coefficient (Wildman–Crippen LogP) is 0.0881. The summed E-state index contributed by atoms with van der Waals surface area (Å²) >= 11 is 0. The van der Waals surface area contributed by atoms with Gasteiger partial charge in [-0.2, -0.15) is 0 Å². The van der Waals surface area contributed by atoms with E-state index in [0.717, 1.165) is 5.69 Å². The first-order valence-corrected chi connectivity index (χ1v) is 12.0. The first-order valence-electron chi connectivity index (χ1n) is 12.0. The van der Waals surface area contributed by atoms with Crippen LogP contribution in [-0.4, -0.2) is 94.2 Å². The molecule has 0 radical (unpaired) electrons. The molecule has 0 spiro atoms. The number of carbonyl (C=O) groups excluding carboxylic acids is 1. The van der Waals surface area contributed by atoms with Gasteiger partial charge in [-0.05, 0) is 24.3 Å². The lowest BCUT2D eigenvalue weighted by molar-refractivity contribution is -0.206. The van der Waals surface area contributed by atoms with Crippen LogP contribution in [0.1, 0.15) is 6.04 Å². The molecule has 2 aromatic carbocycles. The van der Waals surface area contributed by atoms with Crippen molar-refractivity contribution in [2.75, 3.05) is 38.4 Å². The van der Waals surface area contributed by atoms with Crippen molar-refractivity contribution in [1.82, 2.24) is 20.3 Å². The number of carbonyl (C=O) groups is 1. The second-order valence-electron chi connectivity index (χ2n) is 9.09. The van der Waals surface area contributed by atoms with Crippen molar-refractivity contribution in [2.24, 2.45) is 0 Å². The molecule has 1 fully saturated rings. The Labute approximate surface area is 217 Å². The summed E-state index contributed by atoms with van der Waals surface area (Å²) < 4.78 is 31.1. The first-order chi connectivity index (χ1) is 18.4. The zero-order valence-corrected chi connectivity index (χ0v) is 20.5. The number of hydrogen-bond donors (Lipinski definition) is 4. The number of halogens is 1. The van der Waals surface area contributed by atoms with Crippen LogP contribution in [0.3, 0.4) is 0 Å². The number of aromatic nitrogens is 3. The molecule has 2 aliphatic heterocycles. The van der Waals surface area contributed by atoms with E-state index in [4.69, 9.17) is 14.2 Å². The van der Waals surface area contributed by atoms with Crippen molar-refractivity contribution in [3.05, 3.63) is 54.5 Å². The Hall–Kier alpha value is -3.78. The molecule has 1 amide bonds. The first kappa shape index (κ1) is 25.9. The number of hydrogen-bond acceptors (Lipinski definition) is 10. The van der Waals surface area contributed by atoms with E-state index in [1.54, 1.807) is 6.07 Å². The molecule has 1 saturated heterocycles. The van der Waals surface area contributed by atoms with Crippen molar-refractivity contribution >= 4 is 11.6 Å². The number of aliphatic hydroxyl groups excluding tert-OH is 3. The standard InChI is InChI=1S/C25H28FN5O7/c1-30(16-5-6-18-19(10-16)37-13-36-18)8-7-27-25(35)24-23(34)21(22(33)20(12-32)38-24)31-11-17(28-29-31)14-3-2-4-15(26)9-14/h2-6,9-11,20-24,32-34H,7-8,12-13H2,1H3,(H,27,35)/t20-,21+,22+,23-,24-/m1/s1. The van der Waals surface area contributed by atoms with Crippen LogP contribution in [0.5, 0.6) is 11.5 Å². The van der Waals surface area contributed by atoms with Crippen molar-refractivity contribution in [1.29, 1.82) is 0 Å². The molecular formula is C25H28FN5O7. The number of benzene rings is 2. The highest BCUT2D eigenvalue weighted by Crippen LogP contribution is 2.35. The van der Waals surface area contributed by atoms with Crippen LogP contribution < -0.4 is 19.7 Å². The van der Waals surface area contributed by atoms with Crippen molar-refractivity contribution in [3.8, 4) is 22.8 Å². The summed E-state index contributed by atoms with van der Waals surface area (Å²) in [5.41, 5.74) is 1.62. The molecule has 1 aromatic heterocycles. The van der Waals surface area contributed by atoms with Crippen molar-refractivity contribution in [3.63, 3.8) is 0 Å². The Morgan fingerprint density at radius 1 is 1.18 bits per heavy atom. The van der Waals surface area contributed by atoms with E-state index < -0.39 is 48.8 Å². The Kier molecular flexibility index (Phi) is 7.42. The number of nitrogens with one attached hydrogen (secondary N) is 1. The molecule has 5 rings (SSSR count). The van der Waals surface area contributed by atoms with E-state index in [1.807, 2.05) is 30.1 Å². The van der Waals surface area contributed by atoms with Gasteiger partial charge in [-0.3, -0.25) is 4.79 Å². The molecule has 12 nitrogen and oxygen atoms in total. The molecule has 0 bridgehead atoms. The summed E-state index contributed by atoms with van der Waals surface area (Å²) in [5.74, 6) is 0.247. The molecule has 0 unspecified atom stereocenters. The highest BCUT2D eigenvalue weighted by atomic mass is 19.1. The van der Waals surface area contributed by atoms with Crippen LogP contribution >= 0.6 is 0 Å². The van der Waals surface area contributed by atoms with Gasteiger partial charge in [0.15, 0.2) is 17.6 Å². The summed E-state index contributed by atoms with van der Waals surface area (Å²) in [6.45, 7) is 0.240. The van der Waals surface area contributed by atoms with Gasteiger partial charge in [0.25, 0.3) is 5.91 Å². The van der Waals surface area contributed by atoms with E-state index in [-0.39, 0.29) is 13.3 Å². The average molecular weight is 530 g/mol. The molecule has 202 valence electrons. The number of amides is 1. The minimum atomic E-state index is -1.51. The molecule has 38 heavy (non-hydrogen) atoms. The lowest BCUT2D eigenvalue weighted by Gasteiger charge is -2.41. The second-order valence-corrected chi connectivity index (χ2v) is 9.09. The SMILES string of the molecule is CN(CCNC(=O)[C@@H]1O[C@H](CO)[C@H](O)[C@H](n2cc(-c3cccc(F)c3)nn2)[C@H]1O)c1ccc2c(c1)OCO2. The minimum absolute atomic E-state index is 0.174. The number of anilines is 1. The van der Waals surface area contributed by atoms with Crippen LogP contribution in [0.15, 0.2) is 48.7 Å². The Morgan fingerprint density at radius 3 is 2.79 bits per heavy atom. The zero-order chi connectivity index (χ0) is 26.8. The fourth-order valence-electron chi connectivity index (χ4n) is 4.53. The molecular weight excluding hydrogens is 501 g/mol. The summed E-state index contributed by atoms with van der Waals surface area (Å²) in [6.07, 6.45) is -4.02. The van der Waals surface area contributed by atoms with Crippen LogP contribution in [0.2, 0.25) is 0 Å². The second kappa shape index (κ2) is 10.9. The van der Waals surface area contributed by atoms with E-state index in [2.05, 4.69) is 15.6 Å². The molecule has 3 heterocycles. The van der Waals surface area contributed by atoms with Crippen LogP contribution in [0, 0.1) is 5.82 Å². The molecule has 13 heteroatoms. The third-order valence-corrected chi connectivity index (χ3v) is 6.63. The molecule has 5 atom stereocenters. The van der Waals surface area contributed by atoms with E-state index in [1.165, 1.54) is 29.1 Å². The van der Waals surface area contributed by atoms with Gasteiger partial charge in [0.2, 0.25) is 6.79 Å². The minimum Gasteiger partial charge on any atom is -0.454 e. The number of ether oxygens (including phenoxy) is 3. The zero-order valence-electron chi connectivity index (χ0n) is 20.5. The van der Waals surface area contributed by atoms with Crippen molar-refractivity contribution in [2.45, 2.75) is 30.5 Å². The van der Waals surface area contributed by atoms with E-state index >= 15 is 0 Å². The Bertz CT molecular complexity index is 1290. The quantitative estimate of drug-likeness (QED) is 0.316. The predicted molar refractivity (Wildman–Crippen MR) is 131 cm³/mol. The monoisotopic (exact) mass is 529 g/mol. The van der Waals surface area contributed by atoms with Gasteiger partial charge in [0.1, 0.15) is 35.9 Å². The summed E-state index contributed by atoms with van der Waals surface area (Å²) in [5, 5.41) is 42.3. The van der Waals surface area contributed by atoms with Gasteiger partial charge in [0, 0.05) is 37.5 Å². The Morgan fingerprint density at radius 2 is 2.00 bits per heavy atom. The fourth-order valence-corrected chi connectivity index (χ4v) is 4.53. The van der Waals surface area contributed by atoms with Gasteiger partial charge in [-0.15, -0.1) is 5.10 Å². The number of fused-ring (bicyclic) bond motifs is 1. The molecule has 0 aliphatic carbocycles. The van der Waals surface area contributed by atoms with Crippen molar-refractivity contribution < 1.29 is 38.7 Å². The maximum atomic E-state index is 13.6. The number of nitrogens with zero attached hydrogens (tertiary/aromatic N) is 4. The summed E-state index contributed by atoms with van der Waals surface area (Å²) in [4.78, 5) is 14.9. The highest BCUT2D eigenvalue weighted by Gasteiger charge is 2.48. The number of likely N-dealkylation sites (N-methyl/N-ethyl adjacent to an activating group) is 1. The van der Waals surface area contributed by atoms with Gasteiger partial charge in [-0.25, -0.2) is 9.07 Å². The summed E-state index contributed by atoms with van der Waals surface area (Å²) in [7, 11) is 1.85. The maximum Gasteiger partial charge on any atom is 0.252 e. The molecule has 3 aromatic rings. The number of aliphatic hydroxyl groups is 3. The largest absolute Gasteiger partial charge is 0.454 e. The third-order valence-electron chi connectivity index (χ3n) is 6.63. The fraction of sp³-hybridized carbons (Fsp3) is 0.400. The topological polar surface area (TPSA) is 151 Å². The van der Waals surface area contributed by atoms with Crippen LogP contribution in [-0.2, 0) is 9.53 Å². The smallest absolute Gasteiger partial charge is 0.252 e. The lowest BCUT2D eigenvalue weighted by atomic mass is 9.92. The molecule has 4 N–H and O–H groups in total. The molecule has 2 aliphatic rings. The lowest BCUT2D eigenvalue weighted by Crippen LogP contribution is -2.60. The van der Waals surface area contributed by atoms with E-state index in [9.17, 15) is 24.5 Å². The Balaban J connectivity index is 1.25. The third kappa shape index (κ3) is 5.13. The van der Waals surface area contributed by atoms with Gasteiger partial charge >= 0.3 is 0 Å². The maximum absolute atomic E-state index is 13.6. The van der Waals surface area contributed by atoms with Gasteiger partial charge in [-0.1, -0.05) is 17.3 Å². The van der Waals surface area contributed by atoms with Crippen LogP contribution in [0.4, 0.5) is 10.1 Å². The van der Waals surface area contributed by atoms with E-state index in [0.29, 0.717) is 29.3 Å². The van der Waals surface area contributed by atoms with Gasteiger partial charge in [0.05, 0.1) is 12.8 Å². The molecule has 0 saturated carbocycles. The van der Waals surface area contributed by atoms with Gasteiger partial charge < -0.3 is 39.7 Å². The number of rotatable bonds is 8. The average Bonchev–Trinajstić information content (AvgIpc) is 3.58. The normalized spacial score (nSPS) is 24.3.